The van der Waals surface area contributed by atoms with Gasteiger partial charge in [-0.25, -0.2) is 4.79 Å². The summed E-state index contributed by atoms with van der Waals surface area (Å²) in [6, 6.07) is 6.00. The zero-order chi connectivity index (χ0) is 17.6. The molecular formula is C20H26N2O3. The van der Waals surface area contributed by atoms with Crippen LogP contribution in [0.3, 0.4) is 0 Å². The fourth-order valence-corrected chi connectivity index (χ4v) is 4.40. The van der Waals surface area contributed by atoms with Gasteiger partial charge in [0.25, 0.3) is 0 Å². The number of aryl methyl sites for hydroxylation is 2. The van der Waals surface area contributed by atoms with Crippen molar-refractivity contribution < 1.29 is 9.15 Å². The monoisotopic (exact) mass is 342 g/mol. The number of ether oxygens (including phenoxy) is 1. The number of rotatable bonds is 2. The number of hydrogen-bond donors (Lipinski definition) is 1. The first-order valence-corrected chi connectivity index (χ1v) is 9.10. The summed E-state index contributed by atoms with van der Waals surface area (Å²) in [5.41, 5.74) is 9.71. The molecule has 2 N–H and O–H groups in total. The van der Waals surface area contributed by atoms with E-state index in [1.54, 1.807) is 6.07 Å². The van der Waals surface area contributed by atoms with Gasteiger partial charge in [0.1, 0.15) is 5.58 Å². The minimum absolute atomic E-state index is 0.0130. The van der Waals surface area contributed by atoms with Crippen LogP contribution >= 0.6 is 0 Å². The number of nitrogens with two attached hydrogens (primary N) is 1. The summed E-state index contributed by atoms with van der Waals surface area (Å²) in [6.45, 7) is 7.47. The predicted octanol–water partition coefficient (Wildman–Crippen LogP) is 2.49. The van der Waals surface area contributed by atoms with E-state index in [-0.39, 0.29) is 17.3 Å². The molecule has 1 aromatic carbocycles. The minimum atomic E-state index is -0.270. The van der Waals surface area contributed by atoms with Crippen molar-refractivity contribution in [3.8, 4) is 0 Å². The molecule has 5 heteroatoms. The predicted molar refractivity (Wildman–Crippen MR) is 97.7 cm³/mol. The highest BCUT2D eigenvalue weighted by Gasteiger charge is 2.41. The molecule has 134 valence electrons. The summed E-state index contributed by atoms with van der Waals surface area (Å²) < 4.78 is 11.5. The van der Waals surface area contributed by atoms with Crippen molar-refractivity contribution >= 4 is 11.0 Å². The molecule has 2 aromatic rings. The Hall–Kier alpha value is -1.69. The maximum absolute atomic E-state index is 12.0. The Labute approximate surface area is 147 Å². The van der Waals surface area contributed by atoms with Crippen LogP contribution in [0.2, 0.25) is 0 Å². The third-order valence-corrected chi connectivity index (χ3v) is 5.66. The first-order chi connectivity index (χ1) is 11.9. The van der Waals surface area contributed by atoms with Crippen LogP contribution in [0.4, 0.5) is 0 Å². The standard InChI is InChI=1S/C20H26N2O3/c1-13-7-14(2)19-17(8-13)15(9-18(23)25-19)11-22-5-3-20(4-6-22)10-16(21)12-24-20/h7-9,16H,3-6,10-12,21H2,1-2H3. The molecule has 2 aliphatic rings. The third-order valence-electron chi connectivity index (χ3n) is 5.66. The Balaban J connectivity index is 1.57. The van der Waals surface area contributed by atoms with Crippen LogP contribution in [0.25, 0.3) is 11.0 Å². The maximum atomic E-state index is 12.0. The lowest BCUT2D eigenvalue weighted by molar-refractivity contribution is -0.0448. The molecule has 2 fully saturated rings. The highest BCUT2D eigenvalue weighted by atomic mass is 16.5. The van der Waals surface area contributed by atoms with E-state index >= 15 is 0 Å². The number of nitrogens with zero attached hydrogens (tertiary/aromatic N) is 1. The van der Waals surface area contributed by atoms with Gasteiger partial charge in [-0.3, -0.25) is 4.90 Å². The van der Waals surface area contributed by atoms with E-state index in [4.69, 9.17) is 14.9 Å². The Morgan fingerprint density at radius 1 is 1.24 bits per heavy atom. The van der Waals surface area contributed by atoms with E-state index < -0.39 is 0 Å². The first kappa shape index (κ1) is 16.8. The van der Waals surface area contributed by atoms with Gasteiger partial charge < -0.3 is 14.9 Å². The Morgan fingerprint density at radius 2 is 2.00 bits per heavy atom. The smallest absolute Gasteiger partial charge is 0.336 e. The van der Waals surface area contributed by atoms with E-state index in [1.165, 1.54) is 5.56 Å². The number of benzene rings is 1. The summed E-state index contributed by atoms with van der Waals surface area (Å²) in [4.78, 5) is 14.4. The van der Waals surface area contributed by atoms with Gasteiger partial charge in [0, 0.05) is 37.1 Å². The second-order valence-electron chi connectivity index (χ2n) is 7.78. The number of fused-ring (bicyclic) bond motifs is 1. The molecule has 5 nitrogen and oxygen atoms in total. The van der Waals surface area contributed by atoms with Crippen molar-refractivity contribution in [1.29, 1.82) is 0 Å². The summed E-state index contributed by atoms with van der Waals surface area (Å²) >= 11 is 0. The normalized spacial score (nSPS) is 23.6. The van der Waals surface area contributed by atoms with Crippen molar-refractivity contribution in [2.45, 2.75) is 51.3 Å². The van der Waals surface area contributed by atoms with Crippen LogP contribution in [0, 0.1) is 13.8 Å². The molecule has 1 atom stereocenters. The number of piperidine rings is 1. The average Bonchev–Trinajstić information content (AvgIpc) is 2.92. The summed E-state index contributed by atoms with van der Waals surface area (Å²) in [6.07, 6.45) is 2.99. The molecule has 1 spiro atoms. The topological polar surface area (TPSA) is 68.7 Å². The Kier molecular flexibility index (Phi) is 4.18. The molecule has 4 rings (SSSR count). The molecular weight excluding hydrogens is 316 g/mol. The maximum Gasteiger partial charge on any atom is 0.336 e. The summed E-state index contributed by atoms with van der Waals surface area (Å²) in [5, 5.41) is 1.05. The van der Waals surface area contributed by atoms with Crippen LogP contribution < -0.4 is 11.4 Å². The van der Waals surface area contributed by atoms with Crippen molar-refractivity contribution in [2.75, 3.05) is 19.7 Å². The molecule has 2 aliphatic heterocycles. The van der Waals surface area contributed by atoms with Gasteiger partial charge >= 0.3 is 5.63 Å². The number of hydrogen-bond acceptors (Lipinski definition) is 5. The molecule has 1 unspecified atom stereocenters. The quantitative estimate of drug-likeness (QED) is 0.849. The minimum Gasteiger partial charge on any atom is -0.422 e. The zero-order valence-corrected chi connectivity index (χ0v) is 15.0. The fourth-order valence-electron chi connectivity index (χ4n) is 4.40. The van der Waals surface area contributed by atoms with Gasteiger partial charge in [-0.2, -0.15) is 0 Å². The van der Waals surface area contributed by atoms with Crippen LogP contribution in [-0.2, 0) is 11.3 Å². The van der Waals surface area contributed by atoms with Crippen LogP contribution in [0.5, 0.6) is 0 Å². The molecule has 0 amide bonds. The highest BCUT2D eigenvalue weighted by Crippen LogP contribution is 2.36. The average molecular weight is 342 g/mol. The van der Waals surface area contributed by atoms with Crippen LogP contribution in [0.15, 0.2) is 27.4 Å². The lowest BCUT2D eigenvalue weighted by atomic mass is 9.87. The molecule has 0 saturated carbocycles. The van der Waals surface area contributed by atoms with Gasteiger partial charge in [0.05, 0.1) is 12.2 Å². The molecule has 1 aromatic heterocycles. The van der Waals surface area contributed by atoms with E-state index in [0.717, 1.165) is 55.4 Å². The van der Waals surface area contributed by atoms with E-state index in [0.29, 0.717) is 12.2 Å². The van der Waals surface area contributed by atoms with Gasteiger partial charge in [0.15, 0.2) is 0 Å². The summed E-state index contributed by atoms with van der Waals surface area (Å²) in [5.74, 6) is 0. The lowest BCUT2D eigenvalue weighted by Gasteiger charge is -2.38. The second-order valence-corrected chi connectivity index (χ2v) is 7.78. The Bertz CT molecular complexity index is 850. The van der Waals surface area contributed by atoms with E-state index in [2.05, 4.69) is 24.0 Å². The summed E-state index contributed by atoms with van der Waals surface area (Å²) in [7, 11) is 0. The SMILES string of the molecule is Cc1cc(C)c2oc(=O)cc(CN3CCC4(CC3)CC(N)CO4)c2c1. The highest BCUT2D eigenvalue weighted by molar-refractivity contribution is 5.83. The molecule has 0 radical (unpaired) electrons. The molecule has 0 aliphatic carbocycles. The van der Waals surface area contributed by atoms with Crippen molar-refractivity contribution in [2.24, 2.45) is 5.73 Å². The lowest BCUT2D eigenvalue weighted by Crippen LogP contribution is -2.44. The first-order valence-electron chi connectivity index (χ1n) is 9.10. The largest absolute Gasteiger partial charge is 0.422 e. The number of likely N-dealkylation sites (tertiary alicyclic amines) is 1. The Morgan fingerprint density at radius 3 is 2.68 bits per heavy atom. The van der Waals surface area contributed by atoms with Gasteiger partial charge in [-0.1, -0.05) is 6.07 Å². The third kappa shape index (κ3) is 3.24. The van der Waals surface area contributed by atoms with Gasteiger partial charge in [-0.15, -0.1) is 0 Å². The van der Waals surface area contributed by atoms with E-state index in [1.807, 2.05) is 6.92 Å². The van der Waals surface area contributed by atoms with E-state index in [9.17, 15) is 4.79 Å². The zero-order valence-electron chi connectivity index (χ0n) is 15.0. The van der Waals surface area contributed by atoms with Gasteiger partial charge in [-0.05, 0) is 55.9 Å². The molecule has 3 heterocycles. The second kappa shape index (κ2) is 6.24. The van der Waals surface area contributed by atoms with Crippen molar-refractivity contribution in [1.82, 2.24) is 4.90 Å². The van der Waals surface area contributed by atoms with Crippen molar-refractivity contribution in [3.63, 3.8) is 0 Å². The van der Waals surface area contributed by atoms with Gasteiger partial charge in [0.2, 0.25) is 0 Å². The van der Waals surface area contributed by atoms with Crippen molar-refractivity contribution in [3.05, 3.63) is 45.3 Å². The fraction of sp³-hybridized carbons (Fsp3) is 0.550. The van der Waals surface area contributed by atoms with Crippen LogP contribution in [-0.4, -0.2) is 36.2 Å². The molecule has 25 heavy (non-hydrogen) atoms. The molecule has 0 bridgehead atoms. The molecule has 2 saturated heterocycles. The van der Waals surface area contributed by atoms with Crippen LogP contribution in [0.1, 0.15) is 36.0 Å².